The Morgan fingerprint density at radius 2 is 1.29 bits per heavy atom. The van der Waals surface area contributed by atoms with Gasteiger partial charge in [-0.05, 0) is 122 Å². The number of Topliss-reactive ketones (excluding diaryl/α,β-unsaturated/α-hetero) is 1. The number of nitrogens with one attached hydrogen (secondary N) is 2. The Morgan fingerprint density at radius 1 is 0.673 bits per heavy atom. The number of carbonyl (C=O) groups excluding carboxylic acids is 8. The number of rotatable bonds is 36. The highest BCUT2D eigenvalue weighted by molar-refractivity contribution is 6.74. The number of nitrogens with two attached hydrogens (primary N) is 1. The molecule has 4 aromatic rings. The fourth-order valence-corrected chi connectivity index (χ4v) is 12.8. The number of esters is 3. The molecule has 0 spiro atoms. The van der Waals surface area contributed by atoms with E-state index in [-0.39, 0.29) is 148 Å². The second-order valence-corrected chi connectivity index (χ2v) is 32.5. The number of benzene rings is 4. The molecule has 3 heterocycles. The van der Waals surface area contributed by atoms with Crippen LogP contribution in [0.1, 0.15) is 141 Å². The lowest BCUT2D eigenvalue weighted by atomic mass is 9.91. The summed E-state index contributed by atoms with van der Waals surface area (Å²) < 4.78 is 81.2. The highest BCUT2D eigenvalue weighted by Gasteiger charge is 2.48. The van der Waals surface area contributed by atoms with E-state index in [0.717, 1.165) is 11.1 Å². The summed E-state index contributed by atoms with van der Waals surface area (Å²) in [6, 6.07) is 15.6. The third kappa shape index (κ3) is 23.0. The molecule has 0 radical (unpaired) electrons. The number of ether oxygens (including phenoxy) is 13. The van der Waals surface area contributed by atoms with Gasteiger partial charge in [0.15, 0.2) is 25.6 Å². The molecule has 3 aliphatic rings. The number of likely N-dealkylation sites (tertiary alicyclic amines) is 2. The first-order valence-electron chi connectivity index (χ1n) is 34.8. The maximum Gasteiger partial charge on any atom is 0.411 e. The minimum atomic E-state index is -2.13. The van der Waals surface area contributed by atoms with Crippen molar-refractivity contribution in [1.29, 1.82) is 0 Å². The molecule has 3 saturated heterocycles. The Labute approximate surface area is 610 Å². The lowest BCUT2D eigenvalue weighted by Gasteiger charge is -2.43. The average Bonchev–Trinajstić information content (AvgIpc) is 1.40. The van der Waals surface area contributed by atoms with Gasteiger partial charge in [0.25, 0.3) is 11.8 Å². The van der Waals surface area contributed by atoms with Crippen LogP contribution in [0.3, 0.4) is 0 Å². The zero-order valence-corrected chi connectivity index (χ0v) is 63.4. The third-order valence-electron chi connectivity index (χ3n) is 18.6. The summed E-state index contributed by atoms with van der Waals surface area (Å²) >= 11 is 0. The molecule has 4 N–H and O–H groups in total. The largest absolute Gasteiger partial charge is 0.493 e. The molecule has 0 unspecified atom stereocenters. The van der Waals surface area contributed by atoms with Crippen LogP contribution in [-0.2, 0) is 86.1 Å². The Balaban J connectivity index is 1.14. The van der Waals surface area contributed by atoms with Gasteiger partial charge in [-0.2, -0.15) is 0 Å². The highest BCUT2D eigenvalue weighted by atomic mass is 28.4. The third-order valence-corrected chi connectivity index (χ3v) is 23.1. The fourth-order valence-electron chi connectivity index (χ4n) is 11.8. The Kier molecular flexibility index (Phi) is 30.3. The number of anilines is 3. The molecule has 0 aromatic heterocycles. The van der Waals surface area contributed by atoms with Crippen molar-refractivity contribution in [3.05, 3.63) is 124 Å². The second kappa shape index (κ2) is 38.2. The molecule has 4 aromatic carbocycles. The topological polar surface area (TPSA) is 322 Å². The number of methoxy groups -OCH3 is 3. The van der Waals surface area contributed by atoms with Gasteiger partial charge in [0.05, 0.1) is 81.8 Å². The van der Waals surface area contributed by atoms with Crippen LogP contribution >= 0.6 is 0 Å². The quantitative estimate of drug-likeness (QED) is 0.00724. The lowest BCUT2D eigenvalue weighted by molar-refractivity contribution is -0.263. The van der Waals surface area contributed by atoms with Gasteiger partial charge in [-0.15, -0.1) is 0 Å². The summed E-state index contributed by atoms with van der Waals surface area (Å²) in [5.74, 6) is -3.05. The maximum atomic E-state index is 14.8. The van der Waals surface area contributed by atoms with Crippen LogP contribution in [-0.4, -0.2) is 190 Å². The molecule has 28 heteroatoms. The average molecular weight is 1470 g/mol. The predicted octanol–water partition coefficient (Wildman–Crippen LogP) is 10.9. The number of hydrogen-bond donors (Lipinski definition) is 3. The molecule has 4 amide bonds. The van der Waals surface area contributed by atoms with Gasteiger partial charge in [-0.1, -0.05) is 65.0 Å². The van der Waals surface area contributed by atoms with Crippen molar-refractivity contribution in [1.82, 2.24) is 9.80 Å². The minimum absolute atomic E-state index is 0.00228. The minimum Gasteiger partial charge on any atom is -0.493 e. The number of carbonyl (C=O) groups is 8. The van der Waals surface area contributed by atoms with E-state index in [1.807, 2.05) is 13.8 Å². The van der Waals surface area contributed by atoms with Crippen LogP contribution in [0.15, 0.2) is 85.0 Å². The number of nitrogen functional groups attached to an aromatic ring is 1. The molecule has 3 aliphatic heterocycles. The monoisotopic (exact) mass is 1470 g/mol. The van der Waals surface area contributed by atoms with Crippen LogP contribution in [0.25, 0.3) is 0 Å². The van der Waals surface area contributed by atoms with Crippen LogP contribution in [0.5, 0.6) is 23.0 Å². The highest BCUT2D eigenvalue weighted by Crippen LogP contribution is 2.41. The van der Waals surface area contributed by atoms with Crippen molar-refractivity contribution in [3.8, 4) is 23.0 Å². The molecule has 0 aliphatic carbocycles. The van der Waals surface area contributed by atoms with Gasteiger partial charge in [0.2, 0.25) is 18.3 Å². The molecule has 7 atom stereocenters. The number of hydrogen-bond acceptors (Lipinski definition) is 23. The molecular weight excluding hydrogens is 1360 g/mol. The maximum absolute atomic E-state index is 14.8. The van der Waals surface area contributed by atoms with Gasteiger partial charge in [-0.3, -0.25) is 34.1 Å². The van der Waals surface area contributed by atoms with E-state index in [1.165, 1.54) is 59.4 Å². The zero-order valence-electron chi connectivity index (χ0n) is 62.4. The first-order chi connectivity index (χ1) is 49.3. The standard InChI is InChI=1S/C76H103N5O22Si/c1-17-56-27-45(2)37-80(56)73(88)59-34-66(91-13)67(36-62(59)79-75(89)98-39-52-20-21-64(60(33-52)63(84)19-18-22-90-12)103-74-71(102-51(8)83)70(101-50(7)82)48(5)49(6)100-74)97-41-54-30-53(31-55(32-54)78-68(85)43-94-25-23-93-24-26-95-44-69(86)92-14)40-96-65-35-61(77)58(29-47(65)4)72(87)81-38-46(3)28-57(81)42-99-104(15,16)76(9,10)11/h20-21,29-36,48-49,56-57,70-71,74H,2-3,17-19,22-28,37-44,77H2,1,4-16H3,(H,78,85)(H,79,89)/t48-,49-,56-,57+,70+,71-,74+/m1/s1. The predicted molar refractivity (Wildman–Crippen MR) is 388 cm³/mol. The molecule has 3 fully saturated rings. The van der Waals surface area contributed by atoms with E-state index < -0.39 is 74.7 Å². The lowest BCUT2D eigenvalue weighted by Crippen LogP contribution is -2.57. The van der Waals surface area contributed by atoms with Gasteiger partial charge >= 0.3 is 24.0 Å². The van der Waals surface area contributed by atoms with Crippen molar-refractivity contribution >= 4 is 72.9 Å². The second-order valence-electron chi connectivity index (χ2n) is 27.7. The SMILES string of the molecule is C=C1C[C@@H](CO[Si](C)(C)C(C)(C)C)N(C(=O)c2cc(C)c(OCc3cc(COc4cc(NC(=O)OCc5ccc(O[C@@H]6O[C@H](C)[C@@H](C)[C@H](OC(C)=O)[C@H]6OC(C)=O)c(C(=O)CCCOC)c5)c(C(=O)N5CC(=C)C[C@H]5CC)cc4OC)cc(NC(=O)COCCOCCOCC(=O)OC)c3)cc2N)C1. The van der Waals surface area contributed by atoms with Crippen LogP contribution in [0.2, 0.25) is 18.1 Å². The Morgan fingerprint density at radius 3 is 1.91 bits per heavy atom. The fraction of sp³-hybridized carbons (Fsp3) is 0.526. The zero-order chi connectivity index (χ0) is 76.2. The van der Waals surface area contributed by atoms with Crippen molar-refractivity contribution in [2.45, 2.75) is 169 Å². The van der Waals surface area contributed by atoms with E-state index in [9.17, 15) is 38.4 Å². The molecule has 0 bridgehead atoms. The van der Waals surface area contributed by atoms with E-state index in [4.69, 9.17) is 67.0 Å². The van der Waals surface area contributed by atoms with Gasteiger partial charge in [-0.25, -0.2) is 9.59 Å². The number of aryl methyl sites for hydroxylation is 1. The van der Waals surface area contributed by atoms with Crippen LogP contribution in [0.4, 0.5) is 21.9 Å². The van der Waals surface area contributed by atoms with Gasteiger partial charge in [0.1, 0.15) is 50.6 Å². The van der Waals surface area contributed by atoms with Crippen molar-refractivity contribution in [2.24, 2.45) is 5.92 Å². The molecule has 104 heavy (non-hydrogen) atoms. The summed E-state index contributed by atoms with van der Waals surface area (Å²) in [5.41, 5.74) is 11.6. The smallest absolute Gasteiger partial charge is 0.411 e. The van der Waals surface area contributed by atoms with Gasteiger partial charge in [0, 0.05) is 82.5 Å². The molecule has 0 saturated carbocycles. The molecule has 568 valence electrons. The van der Waals surface area contributed by atoms with E-state index in [0.29, 0.717) is 78.1 Å². The molecular formula is C76H103N5O22Si. The van der Waals surface area contributed by atoms with Gasteiger partial charge < -0.3 is 86.9 Å². The normalized spacial score (nSPS) is 18.9. The molecule has 27 nitrogen and oxygen atoms in total. The summed E-state index contributed by atoms with van der Waals surface area (Å²) in [5, 5.41) is 5.63. The first-order valence-corrected chi connectivity index (χ1v) is 37.7. The van der Waals surface area contributed by atoms with E-state index >= 15 is 0 Å². The Hall–Kier alpha value is -8.90. The van der Waals surface area contributed by atoms with Crippen molar-refractivity contribution in [2.75, 3.05) is 104 Å². The van der Waals surface area contributed by atoms with Crippen LogP contribution in [0, 0.1) is 12.8 Å². The first kappa shape index (κ1) is 82.4. The Bertz CT molecular complexity index is 3740. The number of ketones is 1. The van der Waals surface area contributed by atoms with Crippen LogP contribution < -0.4 is 35.3 Å². The van der Waals surface area contributed by atoms with E-state index in [2.05, 4.69) is 62.4 Å². The number of nitrogens with zero attached hydrogens (tertiary/aromatic N) is 2. The van der Waals surface area contributed by atoms with Crippen molar-refractivity contribution < 1.29 is 104 Å². The summed E-state index contributed by atoms with van der Waals surface area (Å²) in [6.45, 7) is 29.7. The van der Waals surface area contributed by atoms with E-state index in [1.54, 1.807) is 60.0 Å². The molecule has 7 rings (SSSR count). The summed E-state index contributed by atoms with van der Waals surface area (Å²) in [6.07, 6.45) is -2.79. The summed E-state index contributed by atoms with van der Waals surface area (Å²) in [4.78, 5) is 110. The number of amides is 4. The van der Waals surface area contributed by atoms with Crippen molar-refractivity contribution in [3.63, 3.8) is 0 Å². The summed E-state index contributed by atoms with van der Waals surface area (Å²) in [7, 11) is 2.05.